The van der Waals surface area contributed by atoms with Gasteiger partial charge in [0.2, 0.25) is 0 Å². The van der Waals surface area contributed by atoms with Crippen LogP contribution in [-0.2, 0) is 0 Å². The second kappa shape index (κ2) is 10.1. The lowest BCUT2D eigenvalue weighted by atomic mass is 9.95. The highest BCUT2D eigenvalue weighted by Crippen LogP contribution is 2.21. The molecule has 22 heavy (non-hydrogen) atoms. The average Bonchev–Trinajstić information content (AvgIpc) is 2.52. The molecule has 0 radical (unpaired) electrons. The molecule has 0 aliphatic heterocycles. The summed E-state index contributed by atoms with van der Waals surface area (Å²) in [6.07, 6.45) is 7.31. The predicted octanol–water partition coefficient (Wildman–Crippen LogP) is 3.72. The summed E-state index contributed by atoms with van der Waals surface area (Å²) in [5, 5.41) is 3.18. The van der Waals surface area contributed by atoms with E-state index in [-0.39, 0.29) is 6.03 Å². The van der Waals surface area contributed by atoms with Crippen LogP contribution in [0.15, 0.2) is 0 Å². The van der Waals surface area contributed by atoms with Gasteiger partial charge < -0.3 is 10.2 Å². The number of urea groups is 1. The van der Waals surface area contributed by atoms with E-state index in [9.17, 15) is 4.79 Å². The Hall–Kier alpha value is -0.770. The number of carbonyl (C=O) groups is 1. The molecule has 4 heteroatoms. The molecule has 0 aromatic heterocycles. The Morgan fingerprint density at radius 2 is 1.73 bits per heavy atom. The number of hydrogen-bond donors (Lipinski definition) is 1. The first-order valence-corrected chi connectivity index (χ1v) is 9.24. The largest absolute Gasteiger partial charge is 0.336 e. The number of hydrogen-bond acceptors (Lipinski definition) is 2. The van der Waals surface area contributed by atoms with Crippen molar-refractivity contribution in [2.45, 2.75) is 78.3 Å². The minimum Gasteiger partial charge on any atom is -0.336 e. The molecule has 1 aliphatic rings. The van der Waals surface area contributed by atoms with E-state index >= 15 is 0 Å². The Morgan fingerprint density at radius 3 is 2.23 bits per heavy atom. The highest BCUT2D eigenvalue weighted by atomic mass is 16.2. The van der Waals surface area contributed by atoms with Crippen LogP contribution in [0.25, 0.3) is 0 Å². The van der Waals surface area contributed by atoms with Gasteiger partial charge in [-0.15, -0.1) is 0 Å². The van der Waals surface area contributed by atoms with Gasteiger partial charge in [0.25, 0.3) is 0 Å². The summed E-state index contributed by atoms with van der Waals surface area (Å²) in [7, 11) is 1.96. The van der Waals surface area contributed by atoms with Gasteiger partial charge in [-0.1, -0.05) is 47.0 Å². The molecule has 1 aliphatic carbocycles. The second-order valence-electron chi connectivity index (χ2n) is 7.09. The summed E-state index contributed by atoms with van der Waals surface area (Å²) in [6.45, 7) is 11.8. The maximum absolute atomic E-state index is 12.4. The number of nitrogens with one attached hydrogen (secondary N) is 1. The zero-order valence-corrected chi connectivity index (χ0v) is 15.4. The minimum atomic E-state index is 0.104. The number of likely N-dealkylation sites (N-methyl/N-ethyl adjacent to an activating group) is 1. The van der Waals surface area contributed by atoms with E-state index in [1.165, 1.54) is 19.3 Å². The van der Waals surface area contributed by atoms with Gasteiger partial charge in [-0.2, -0.15) is 0 Å². The number of carbonyl (C=O) groups excluding carboxylic acids is 1. The van der Waals surface area contributed by atoms with Gasteiger partial charge in [0.15, 0.2) is 0 Å². The fourth-order valence-electron chi connectivity index (χ4n) is 3.61. The van der Waals surface area contributed by atoms with Crippen molar-refractivity contribution in [3.05, 3.63) is 0 Å². The van der Waals surface area contributed by atoms with Gasteiger partial charge in [-0.05, 0) is 38.3 Å². The van der Waals surface area contributed by atoms with Crippen molar-refractivity contribution in [3.8, 4) is 0 Å². The van der Waals surface area contributed by atoms with Gasteiger partial charge in [0, 0.05) is 25.7 Å². The average molecular weight is 312 g/mol. The van der Waals surface area contributed by atoms with E-state index < -0.39 is 0 Å². The molecule has 0 heterocycles. The van der Waals surface area contributed by atoms with Crippen LogP contribution in [0.4, 0.5) is 4.79 Å². The summed E-state index contributed by atoms with van der Waals surface area (Å²) in [6, 6.07) is 0.984. The van der Waals surface area contributed by atoms with E-state index in [1.54, 1.807) is 0 Å². The Kier molecular flexibility index (Phi) is 8.84. The summed E-state index contributed by atoms with van der Waals surface area (Å²) in [5.41, 5.74) is 0. The molecule has 0 spiro atoms. The maximum atomic E-state index is 12.4. The van der Waals surface area contributed by atoms with Crippen LogP contribution >= 0.6 is 0 Å². The normalized spacial score (nSPS) is 17.8. The Balaban J connectivity index is 2.49. The summed E-state index contributed by atoms with van der Waals surface area (Å²) < 4.78 is 0. The van der Waals surface area contributed by atoms with Crippen molar-refractivity contribution < 1.29 is 4.79 Å². The molecular formula is C18H37N3O. The Bertz CT molecular complexity index is 309. The van der Waals surface area contributed by atoms with E-state index in [0.717, 1.165) is 38.9 Å². The van der Waals surface area contributed by atoms with E-state index in [2.05, 4.69) is 37.9 Å². The van der Waals surface area contributed by atoms with E-state index in [0.29, 0.717) is 18.0 Å². The molecule has 130 valence electrons. The summed E-state index contributed by atoms with van der Waals surface area (Å²) >= 11 is 0. The zero-order chi connectivity index (χ0) is 16.5. The summed E-state index contributed by atoms with van der Waals surface area (Å²) in [5.74, 6) is 0.651. The van der Waals surface area contributed by atoms with Crippen molar-refractivity contribution in [1.29, 1.82) is 0 Å². The SMILES string of the molecule is CCN(CC)C(CNC(=O)N(C)C1CCCCC1)CC(C)C. The monoisotopic (exact) mass is 311 g/mol. The smallest absolute Gasteiger partial charge is 0.317 e. The van der Waals surface area contributed by atoms with Crippen LogP contribution in [0.3, 0.4) is 0 Å². The third-order valence-electron chi connectivity index (χ3n) is 5.00. The van der Waals surface area contributed by atoms with Crippen molar-refractivity contribution in [2.24, 2.45) is 5.92 Å². The number of amides is 2. The third kappa shape index (κ3) is 6.15. The molecular weight excluding hydrogens is 274 g/mol. The molecule has 1 atom stereocenters. The van der Waals surface area contributed by atoms with E-state index in [4.69, 9.17) is 0 Å². The third-order valence-corrected chi connectivity index (χ3v) is 5.00. The van der Waals surface area contributed by atoms with Crippen LogP contribution in [0.5, 0.6) is 0 Å². The quantitative estimate of drug-likeness (QED) is 0.741. The fraction of sp³-hybridized carbons (Fsp3) is 0.944. The van der Waals surface area contributed by atoms with Crippen LogP contribution in [-0.4, -0.2) is 54.6 Å². The maximum Gasteiger partial charge on any atom is 0.317 e. The van der Waals surface area contributed by atoms with Crippen molar-refractivity contribution in [2.75, 3.05) is 26.7 Å². The van der Waals surface area contributed by atoms with Gasteiger partial charge in [0.05, 0.1) is 0 Å². The fourth-order valence-corrected chi connectivity index (χ4v) is 3.61. The Labute approximate surface area is 137 Å². The molecule has 2 amide bonds. The molecule has 1 unspecified atom stereocenters. The molecule has 1 saturated carbocycles. The first kappa shape index (κ1) is 19.3. The molecule has 0 aromatic rings. The molecule has 0 aromatic carbocycles. The molecule has 1 fully saturated rings. The second-order valence-corrected chi connectivity index (χ2v) is 7.09. The van der Waals surface area contributed by atoms with Crippen molar-refractivity contribution in [1.82, 2.24) is 15.1 Å². The lowest BCUT2D eigenvalue weighted by Crippen LogP contribution is -2.49. The molecule has 1 N–H and O–H groups in total. The van der Waals surface area contributed by atoms with Crippen LogP contribution < -0.4 is 5.32 Å². The molecule has 4 nitrogen and oxygen atoms in total. The zero-order valence-electron chi connectivity index (χ0n) is 15.4. The topological polar surface area (TPSA) is 35.6 Å². The first-order valence-electron chi connectivity index (χ1n) is 9.24. The lowest BCUT2D eigenvalue weighted by Gasteiger charge is -2.34. The molecule has 0 bridgehead atoms. The highest BCUT2D eigenvalue weighted by Gasteiger charge is 2.23. The van der Waals surface area contributed by atoms with Crippen LogP contribution in [0.1, 0.15) is 66.2 Å². The van der Waals surface area contributed by atoms with Gasteiger partial charge in [-0.3, -0.25) is 4.90 Å². The first-order chi connectivity index (χ1) is 10.5. The Morgan fingerprint density at radius 1 is 1.14 bits per heavy atom. The minimum absolute atomic E-state index is 0.104. The summed E-state index contributed by atoms with van der Waals surface area (Å²) in [4.78, 5) is 16.8. The lowest BCUT2D eigenvalue weighted by molar-refractivity contribution is 0.158. The standard InChI is InChI=1S/C18H37N3O/c1-6-21(7-2)17(13-15(3)4)14-19-18(22)20(5)16-11-9-8-10-12-16/h15-17H,6-14H2,1-5H3,(H,19,22). The van der Waals surface area contributed by atoms with Gasteiger partial charge >= 0.3 is 6.03 Å². The van der Waals surface area contributed by atoms with E-state index in [1.807, 2.05) is 11.9 Å². The number of nitrogens with zero attached hydrogens (tertiary/aromatic N) is 2. The van der Waals surface area contributed by atoms with Crippen LogP contribution in [0, 0.1) is 5.92 Å². The van der Waals surface area contributed by atoms with Gasteiger partial charge in [0.1, 0.15) is 0 Å². The predicted molar refractivity (Wildman–Crippen MR) is 94.2 cm³/mol. The van der Waals surface area contributed by atoms with Crippen molar-refractivity contribution >= 4 is 6.03 Å². The highest BCUT2D eigenvalue weighted by molar-refractivity contribution is 5.74. The van der Waals surface area contributed by atoms with Gasteiger partial charge in [-0.25, -0.2) is 4.79 Å². The van der Waals surface area contributed by atoms with Crippen LogP contribution in [0.2, 0.25) is 0 Å². The molecule has 1 rings (SSSR count). The number of rotatable bonds is 8. The van der Waals surface area contributed by atoms with Crippen molar-refractivity contribution in [3.63, 3.8) is 0 Å². The molecule has 0 saturated heterocycles.